The number of amides is 1. The maximum atomic E-state index is 12.6. The molecule has 0 spiro atoms. The zero-order chi connectivity index (χ0) is 18.0. The van der Waals surface area contributed by atoms with E-state index in [2.05, 4.69) is 15.4 Å². The third-order valence-electron chi connectivity index (χ3n) is 3.59. The van der Waals surface area contributed by atoms with Crippen molar-refractivity contribution < 1.29 is 18.0 Å². The average Bonchev–Trinajstić information content (AvgIpc) is 2.97. The fraction of sp³-hybridized carbons (Fsp3) is 0.118. The van der Waals surface area contributed by atoms with Gasteiger partial charge in [0, 0.05) is 11.9 Å². The number of pyridine rings is 1. The molecule has 3 aromatic rings. The number of nitrogens with zero attached hydrogens (tertiary/aromatic N) is 3. The minimum atomic E-state index is -4.41. The lowest BCUT2D eigenvalue weighted by Gasteiger charge is -2.09. The maximum absolute atomic E-state index is 12.6. The third-order valence-corrected chi connectivity index (χ3v) is 3.59. The van der Waals surface area contributed by atoms with Crippen molar-refractivity contribution >= 4 is 11.6 Å². The van der Waals surface area contributed by atoms with Gasteiger partial charge < -0.3 is 5.32 Å². The molecule has 3 rings (SSSR count). The lowest BCUT2D eigenvalue weighted by molar-refractivity contribution is -0.137. The fourth-order valence-electron chi connectivity index (χ4n) is 2.28. The van der Waals surface area contributed by atoms with Crippen LogP contribution < -0.4 is 5.32 Å². The van der Waals surface area contributed by atoms with Crippen molar-refractivity contribution in [1.82, 2.24) is 14.8 Å². The summed E-state index contributed by atoms with van der Waals surface area (Å²) in [7, 11) is 0. The van der Waals surface area contributed by atoms with E-state index in [-0.39, 0.29) is 5.69 Å². The second-order valence-electron chi connectivity index (χ2n) is 5.27. The van der Waals surface area contributed by atoms with Crippen LogP contribution in [0.5, 0.6) is 0 Å². The topological polar surface area (TPSA) is 59.8 Å². The van der Waals surface area contributed by atoms with Crippen LogP contribution in [-0.2, 0) is 6.18 Å². The highest BCUT2D eigenvalue weighted by Gasteiger charge is 2.30. The van der Waals surface area contributed by atoms with E-state index < -0.39 is 17.6 Å². The number of carbonyl (C=O) groups excluding carboxylic acids is 1. The number of aromatic nitrogens is 3. The van der Waals surface area contributed by atoms with E-state index in [0.29, 0.717) is 17.1 Å². The summed E-state index contributed by atoms with van der Waals surface area (Å²) in [6.45, 7) is 1.71. The molecule has 0 bridgehead atoms. The minimum Gasteiger partial charge on any atom is -0.322 e. The Morgan fingerprint density at radius 3 is 2.44 bits per heavy atom. The zero-order valence-corrected chi connectivity index (χ0v) is 13.1. The maximum Gasteiger partial charge on any atom is 0.416 e. The van der Waals surface area contributed by atoms with Crippen LogP contribution in [0.3, 0.4) is 0 Å². The van der Waals surface area contributed by atoms with Gasteiger partial charge in [-0.05, 0) is 43.3 Å². The molecule has 1 aromatic carbocycles. The largest absolute Gasteiger partial charge is 0.416 e. The van der Waals surface area contributed by atoms with Crippen LogP contribution in [0, 0.1) is 6.92 Å². The quantitative estimate of drug-likeness (QED) is 0.784. The molecule has 0 aliphatic carbocycles. The van der Waals surface area contributed by atoms with Crippen LogP contribution in [0.2, 0.25) is 0 Å². The van der Waals surface area contributed by atoms with Crippen LogP contribution in [0.1, 0.15) is 21.6 Å². The second-order valence-corrected chi connectivity index (χ2v) is 5.27. The molecule has 2 heterocycles. The summed E-state index contributed by atoms with van der Waals surface area (Å²) in [5, 5.41) is 6.70. The highest BCUT2D eigenvalue weighted by molar-refractivity contribution is 6.04. The number of rotatable bonds is 3. The van der Waals surface area contributed by atoms with Gasteiger partial charge in [-0.25, -0.2) is 9.67 Å². The van der Waals surface area contributed by atoms with Crippen LogP contribution in [0.25, 0.3) is 5.82 Å². The zero-order valence-electron chi connectivity index (χ0n) is 13.1. The molecule has 0 atom stereocenters. The number of carbonyl (C=O) groups is 1. The predicted molar refractivity (Wildman–Crippen MR) is 85.5 cm³/mol. The first-order valence-corrected chi connectivity index (χ1v) is 7.31. The van der Waals surface area contributed by atoms with Crippen molar-refractivity contribution in [2.75, 3.05) is 5.32 Å². The molecule has 1 N–H and O–H groups in total. The molecule has 0 fully saturated rings. The van der Waals surface area contributed by atoms with Crippen molar-refractivity contribution in [3.8, 4) is 5.82 Å². The summed E-state index contributed by atoms with van der Waals surface area (Å²) in [5.41, 5.74) is 0.376. The molecule has 2 aromatic heterocycles. The van der Waals surface area contributed by atoms with E-state index in [9.17, 15) is 18.0 Å². The lowest BCUT2D eigenvalue weighted by Crippen LogP contribution is -2.13. The van der Waals surface area contributed by atoms with Gasteiger partial charge in [-0.3, -0.25) is 4.79 Å². The Labute approximate surface area is 141 Å². The number of halogens is 3. The Bertz CT molecular complexity index is 887. The van der Waals surface area contributed by atoms with Crippen molar-refractivity contribution in [1.29, 1.82) is 0 Å². The van der Waals surface area contributed by atoms with Gasteiger partial charge in [0.2, 0.25) is 0 Å². The SMILES string of the molecule is Cc1c(C(=O)Nc2ccc(C(F)(F)F)cc2)cnn1-c1ccccn1. The average molecular weight is 346 g/mol. The first-order chi connectivity index (χ1) is 11.9. The van der Waals surface area contributed by atoms with Gasteiger partial charge in [0.05, 0.1) is 23.0 Å². The fourth-order valence-corrected chi connectivity index (χ4v) is 2.28. The van der Waals surface area contributed by atoms with E-state index in [1.54, 1.807) is 31.3 Å². The van der Waals surface area contributed by atoms with Gasteiger partial charge in [-0.15, -0.1) is 0 Å². The molecule has 0 aliphatic rings. The third kappa shape index (κ3) is 3.52. The van der Waals surface area contributed by atoms with Crippen LogP contribution in [0.4, 0.5) is 18.9 Å². The first kappa shape index (κ1) is 16.7. The van der Waals surface area contributed by atoms with E-state index in [1.807, 2.05) is 0 Å². The Hall–Kier alpha value is -3.16. The molecule has 0 saturated carbocycles. The van der Waals surface area contributed by atoms with Gasteiger partial charge in [0.25, 0.3) is 5.91 Å². The molecular weight excluding hydrogens is 333 g/mol. The highest BCUT2D eigenvalue weighted by atomic mass is 19.4. The summed E-state index contributed by atoms with van der Waals surface area (Å²) in [5.74, 6) is 0.105. The summed E-state index contributed by atoms with van der Waals surface area (Å²) < 4.78 is 39.2. The molecule has 0 saturated heterocycles. The van der Waals surface area contributed by atoms with Gasteiger partial charge in [0.1, 0.15) is 0 Å². The molecule has 0 radical (unpaired) electrons. The van der Waals surface area contributed by atoms with Crippen molar-refractivity contribution in [3.05, 3.63) is 71.7 Å². The second kappa shape index (κ2) is 6.39. The van der Waals surface area contributed by atoms with E-state index in [4.69, 9.17) is 0 Å². The molecule has 0 unspecified atom stereocenters. The number of hydrogen-bond donors (Lipinski definition) is 1. The molecule has 8 heteroatoms. The van der Waals surface area contributed by atoms with Gasteiger partial charge in [-0.2, -0.15) is 18.3 Å². The summed E-state index contributed by atoms with van der Waals surface area (Å²) in [6, 6.07) is 9.56. The number of anilines is 1. The number of hydrogen-bond acceptors (Lipinski definition) is 3. The monoisotopic (exact) mass is 346 g/mol. The molecule has 25 heavy (non-hydrogen) atoms. The number of alkyl halides is 3. The van der Waals surface area contributed by atoms with Gasteiger partial charge >= 0.3 is 6.18 Å². The summed E-state index contributed by atoms with van der Waals surface area (Å²) in [6.07, 6.45) is -1.41. The standard InChI is InChI=1S/C17H13F3N4O/c1-11-14(10-22-24(11)15-4-2-3-9-21-15)16(25)23-13-7-5-12(6-8-13)17(18,19)20/h2-10H,1H3,(H,23,25). The van der Waals surface area contributed by atoms with E-state index in [0.717, 1.165) is 12.1 Å². The van der Waals surface area contributed by atoms with Crippen LogP contribution in [-0.4, -0.2) is 20.7 Å². The minimum absolute atomic E-state index is 0.267. The van der Waals surface area contributed by atoms with E-state index >= 15 is 0 Å². The Morgan fingerprint density at radius 2 is 1.84 bits per heavy atom. The Kier molecular flexibility index (Phi) is 4.26. The van der Waals surface area contributed by atoms with Gasteiger partial charge in [-0.1, -0.05) is 6.07 Å². The number of benzene rings is 1. The first-order valence-electron chi connectivity index (χ1n) is 7.31. The molecule has 5 nitrogen and oxygen atoms in total. The van der Waals surface area contributed by atoms with Crippen molar-refractivity contribution in [2.24, 2.45) is 0 Å². The van der Waals surface area contributed by atoms with E-state index in [1.165, 1.54) is 23.0 Å². The van der Waals surface area contributed by atoms with Crippen LogP contribution >= 0.6 is 0 Å². The van der Waals surface area contributed by atoms with Crippen LogP contribution in [0.15, 0.2) is 54.9 Å². The van der Waals surface area contributed by atoms with Crippen molar-refractivity contribution in [3.63, 3.8) is 0 Å². The predicted octanol–water partition coefficient (Wildman–Crippen LogP) is 3.85. The molecule has 0 aliphatic heterocycles. The molecule has 1 amide bonds. The van der Waals surface area contributed by atoms with Gasteiger partial charge in [0.15, 0.2) is 5.82 Å². The van der Waals surface area contributed by atoms with Crippen molar-refractivity contribution in [2.45, 2.75) is 13.1 Å². The Balaban J connectivity index is 1.79. The smallest absolute Gasteiger partial charge is 0.322 e. The summed E-state index contributed by atoms with van der Waals surface area (Å²) >= 11 is 0. The Morgan fingerprint density at radius 1 is 1.12 bits per heavy atom. The summed E-state index contributed by atoms with van der Waals surface area (Å²) in [4.78, 5) is 16.5. The highest BCUT2D eigenvalue weighted by Crippen LogP contribution is 2.29. The normalized spacial score (nSPS) is 11.4. The number of nitrogens with one attached hydrogen (secondary N) is 1. The molecule has 128 valence electrons. The lowest BCUT2D eigenvalue weighted by atomic mass is 10.2. The molecular formula is C17H13F3N4O.